The summed E-state index contributed by atoms with van der Waals surface area (Å²) in [4.78, 5) is 45.6. The third-order valence-corrected chi connectivity index (χ3v) is 6.42. The van der Waals surface area contributed by atoms with Crippen LogP contribution in [0.4, 0.5) is 5.13 Å². The number of amides is 2. The van der Waals surface area contributed by atoms with Gasteiger partial charge in [0.05, 0.1) is 42.5 Å². The number of methoxy groups -OCH3 is 1. The van der Waals surface area contributed by atoms with Gasteiger partial charge in [0.25, 0.3) is 11.8 Å². The van der Waals surface area contributed by atoms with Gasteiger partial charge < -0.3 is 9.64 Å². The van der Waals surface area contributed by atoms with Crippen LogP contribution in [-0.4, -0.2) is 43.8 Å². The fourth-order valence-electron chi connectivity index (χ4n) is 3.78. The van der Waals surface area contributed by atoms with Crippen LogP contribution in [0.1, 0.15) is 37.1 Å². The van der Waals surface area contributed by atoms with E-state index in [1.807, 2.05) is 13.0 Å². The van der Waals surface area contributed by atoms with Gasteiger partial charge in [-0.2, -0.15) is 0 Å². The lowest BCUT2D eigenvalue weighted by atomic mass is 10.0. The molecule has 0 saturated carbocycles. The second kappa shape index (κ2) is 8.99. The first-order valence-electron chi connectivity index (χ1n) is 10.5. The molecule has 34 heavy (non-hydrogen) atoms. The van der Waals surface area contributed by atoms with Gasteiger partial charge in [-0.05, 0) is 31.2 Å². The van der Waals surface area contributed by atoms with Crippen molar-refractivity contribution >= 4 is 28.3 Å². The third-order valence-electron chi connectivity index (χ3n) is 5.42. The van der Waals surface area contributed by atoms with E-state index in [0.717, 1.165) is 21.8 Å². The van der Waals surface area contributed by atoms with Crippen molar-refractivity contribution in [1.29, 1.82) is 0 Å². The number of carbonyl (C=O) groups excluding carboxylic acids is 2. The van der Waals surface area contributed by atoms with E-state index in [4.69, 9.17) is 4.74 Å². The summed E-state index contributed by atoms with van der Waals surface area (Å²) in [6.07, 6.45) is 6.41. The van der Waals surface area contributed by atoms with E-state index in [0.29, 0.717) is 40.8 Å². The monoisotopic (exact) mass is 472 g/mol. The molecule has 4 aromatic heterocycles. The average Bonchev–Trinajstić information content (AvgIpc) is 3.42. The molecule has 1 aliphatic rings. The van der Waals surface area contributed by atoms with Crippen LogP contribution in [0.2, 0.25) is 0 Å². The number of thiazole rings is 1. The molecule has 10 heteroatoms. The molecule has 5 heterocycles. The summed E-state index contributed by atoms with van der Waals surface area (Å²) >= 11 is 1.36. The van der Waals surface area contributed by atoms with Gasteiger partial charge in [-0.25, -0.2) is 4.98 Å². The van der Waals surface area contributed by atoms with Crippen LogP contribution in [0.3, 0.4) is 0 Å². The van der Waals surface area contributed by atoms with E-state index in [1.54, 1.807) is 61.1 Å². The molecule has 9 nitrogen and oxygen atoms in total. The molecule has 0 atom stereocenters. The van der Waals surface area contributed by atoms with Crippen LogP contribution in [0, 0.1) is 6.92 Å². The number of aryl methyl sites for hydroxylation is 1. The van der Waals surface area contributed by atoms with E-state index in [1.165, 1.54) is 11.3 Å². The van der Waals surface area contributed by atoms with Gasteiger partial charge in [-0.1, -0.05) is 17.4 Å². The number of nitrogens with zero attached hydrogens (tertiary/aromatic N) is 5. The minimum atomic E-state index is -0.324. The average molecular weight is 473 g/mol. The number of nitrogens with one attached hydrogen (secondary N) is 1. The Morgan fingerprint density at radius 2 is 1.97 bits per heavy atom. The molecule has 170 valence electrons. The Labute approximate surface area is 199 Å². The molecular weight excluding hydrogens is 452 g/mol. The largest absolute Gasteiger partial charge is 0.494 e. The van der Waals surface area contributed by atoms with Gasteiger partial charge in [0.1, 0.15) is 11.4 Å². The Bertz CT molecular complexity index is 1370. The third kappa shape index (κ3) is 4.11. The van der Waals surface area contributed by atoms with Crippen LogP contribution in [0.25, 0.3) is 11.1 Å². The van der Waals surface area contributed by atoms with Crippen LogP contribution >= 0.6 is 11.3 Å². The Hall–Kier alpha value is -4.18. The van der Waals surface area contributed by atoms with Gasteiger partial charge in [0, 0.05) is 35.4 Å². The first kappa shape index (κ1) is 21.7. The van der Waals surface area contributed by atoms with Crippen molar-refractivity contribution in [2.45, 2.75) is 20.0 Å². The van der Waals surface area contributed by atoms with Crippen molar-refractivity contribution in [1.82, 2.24) is 24.8 Å². The number of aromatic nitrogens is 4. The van der Waals surface area contributed by atoms with E-state index >= 15 is 0 Å². The lowest BCUT2D eigenvalue weighted by molar-refractivity contribution is 0.0744. The molecule has 1 N–H and O–H groups in total. The van der Waals surface area contributed by atoms with E-state index in [2.05, 4.69) is 25.3 Å². The Balaban J connectivity index is 1.35. The van der Waals surface area contributed by atoms with Gasteiger partial charge in [-0.3, -0.25) is 29.9 Å². The Morgan fingerprint density at radius 1 is 1.09 bits per heavy atom. The molecule has 0 spiro atoms. The number of carbonyl (C=O) groups is 2. The second-order valence-corrected chi connectivity index (χ2v) is 8.75. The van der Waals surface area contributed by atoms with Crippen LogP contribution in [0.5, 0.6) is 5.75 Å². The summed E-state index contributed by atoms with van der Waals surface area (Å²) in [5.74, 6) is 0.0984. The zero-order chi connectivity index (χ0) is 23.7. The van der Waals surface area contributed by atoms with E-state index in [-0.39, 0.29) is 11.8 Å². The van der Waals surface area contributed by atoms with E-state index < -0.39 is 0 Å². The number of pyridine rings is 3. The smallest absolute Gasteiger partial charge is 0.273 e. The fourth-order valence-corrected chi connectivity index (χ4v) is 4.76. The highest BCUT2D eigenvalue weighted by molar-refractivity contribution is 7.16. The first-order chi connectivity index (χ1) is 16.5. The number of hydrogen-bond acceptors (Lipinski definition) is 8. The predicted octanol–water partition coefficient (Wildman–Crippen LogP) is 3.72. The summed E-state index contributed by atoms with van der Waals surface area (Å²) in [5.41, 5.74) is 3.80. The van der Waals surface area contributed by atoms with Crippen LogP contribution in [-0.2, 0) is 13.1 Å². The molecule has 0 fully saturated rings. The van der Waals surface area contributed by atoms with Gasteiger partial charge in [0.2, 0.25) is 0 Å². The molecule has 0 unspecified atom stereocenters. The fraction of sp³-hybridized carbons (Fsp3) is 0.167. The van der Waals surface area contributed by atoms with Crippen LogP contribution < -0.4 is 10.1 Å². The van der Waals surface area contributed by atoms with Crippen molar-refractivity contribution < 1.29 is 14.3 Å². The maximum atomic E-state index is 13.2. The maximum absolute atomic E-state index is 13.2. The van der Waals surface area contributed by atoms with E-state index in [9.17, 15) is 9.59 Å². The standard InChI is InChI=1S/C24H20N6O3S/c1-14-9-16(15-6-8-25-11-20(15)33-2)17(10-27-14)22(31)29-24-28-19-12-30(13-21(19)34-24)23(32)18-5-3-4-7-26-18/h3-11H,12-13H2,1-2H3,(H,28,29,31). The van der Waals surface area contributed by atoms with Gasteiger partial charge in [-0.15, -0.1) is 0 Å². The highest BCUT2D eigenvalue weighted by Crippen LogP contribution is 2.34. The molecule has 5 rings (SSSR count). The minimum absolute atomic E-state index is 0.141. The summed E-state index contributed by atoms with van der Waals surface area (Å²) in [6, 6.07) is 8.89. The summed E-state index contributed by atoms with van der Waals surface area (Å²) in [7, 11) is 1.56. The number of rotatable bonds is 5. The molecule has 0 bridgehead atoms. The van der Waals surface area contributed by atoms with Crippen molar-refractivity contribution in [3.05, 3.63) is 82.6 Å². The molecular formula is C24H20N6O3S. The number of fused-ring (bicyclic) bond motifs is 1. The lowest BCUT2D eigenvalue weighted by Crippen LogP contribution is -2.26. The molecule has 0 aliphatic carbocycles. The molecule has 4 aromatic rings. The highest BCUT2D eigenvalue weighted by Gasteiger charge is 2.29. The lowest BCUT2D eigenvalue weighted by Gasteiger charge is -2.15. The first-order valence-corrected chi connectivity index (χ1v) is 11.3. The van der Waals surface area contributed by atoms with Gasteiger partial charge >= 0.3 is 0 Å². The molecule has 0 aromatic carbocycles. The topological polar surface area (TPSA) is 110 Å². The normalized spacial score (nSPS) is 12.4. The summed E-state index contributed by atoms with van der Waals surface area (Å²) in [5, 5.41) is 3.37. The molecule has 1 aliphatic heterocycles. The zero-order valence-electron chi connectivity index (χ0n) is 18.5. The van der Waals surface area contributed by atoms with Crippen molar-refractivity contribution in [3.8, 4) is 16.9 Å². The quantitative estimate of drug-likeness (QED) is 0.471. The Morgan fingerprint density at radius 3 is 2.74 bits per heavy atom. The highest BCUT2D eigenvalue weighted by atomic mass is 32.1. The van der Waals surface area contributed by atoms with Crippen molar-refractivity contribution in [3.63, 3.8) is 0 Å². The minimum Gasteiger partial charge on any atom is -0.494 e. The Kier molecular flexibility index (Phi) is 5.72. The van der Waals surface area contributed by atoms with Crippen LogP contribution in [0.15, 0.2) is 55.1 Å². The SMILES string of the molecule is COc1cnccc1-c1cc(C)ncc1C(=O)Nc1nc2c(s1)CN(C(=O)c1ccccn1)C2. The van der Waals surface area contributed by atoms with Crippen molar-refractivity contribution in [2.75, 3.05) is 12.4 Å². The number of hydrogen-bond donors (Lipinski definition) is 1. The maximum Gasteiger partial charge on any atom is 0.273 e. The number of ether oxygens (including phenoxy) is 1. The van der Waals surface area contributed by atoms with Gasteiger partial charge in [0.15, 0.2) is 5.13 Å². The molecule has 0 saturated heterocycles. The molecule has 2 amide bonds. The molecule has 0 radical (unpaired) electrons. The zero-order valence-corrected chi connectivity index (χ0v) is 19.3. The second-order valence-electron chi connectivity index (χ2n) is 7.67. The summed E-state index contributed by atoms with van der Waals surface area (Å²) < 4.78 is 5.43. The van der Waals surface area contributed by atoms with Crippen molar-refractivity contribution in [2.24, 2.45) is 0 Å². The summed E-state index contributed by atoms with van der Waals surface area (Å²) in [6.45, 7) is 2.68. The number of anilines is 1. The predicted molar refractivity (Wildman–Crippen MR) is 127 cm³/mol.